The molecule has 1 amide bonds. The van der Waals surface area contributed by atoms with Crippen LogP contribution in [-0.2, 0) is 6.54 Å². The summed E-state index contributed by atoms with van der Waals surface area (Å²) in [5.74, 6) is 0.128. The second-order valence-corrected chi connectivity index (χ2v) is 7.04. The monoisotopic (exact) mass is 336 g/mol. The Bertz CT molecular complexity index is 907. The first-order valence-corrected chi connectivity index (χ1v) is 9.01. The molecule has 130 valence electrons. The Morgan fingerprint density at radius 3 is 2.92 bits per heavy atom. The number of hydrogen-bond acceptors (Lipinski definition) is 2. The molecule has 3 heterocycles. The number of nitrogens with zero attached hydrogens (tertiary/aromatic N) is 3. The molecule has 1 aliphatic heterocycles. The number of carbonyl (C=O) groups excluding carboxylic acids is 1. The highest BCUT2D eigenvalue weighted by Gasteiger charge is 2.28. The van der Waals surface area contributed by atoms with Crippen molar-refractivity contribution < 1.29 is 4.79 Å². The van der Waals surface area contributed by atoms with Crippen LogP contribution in [0.3, 0.4) is 0 Å². The van der Waals surface area contributed by atoms with Gasteiger partial charge in [-0.15, -0.1) is 0 Å². The van der Waals surface area contributed by atoms with Crippen molar-refractivity contribution >= 4 is 16.8 Å². The summed E-state index contributed by atoms with van der Waals surface area (Å²) in [5.41, 5.74) is 3.96. The summed E-state index contributed by atoms with van der Waals surface area (Å²) in [7, 11) is 0. The molecule has 0 spiro atoms. The molecule has 1 saturated heterocycles. The summed E-state index contributed by atoms with van der Waals surface area (Å²) in [4.78, 5) is 18.4. The molecule has 1 N–H and O–H groups in total. The Balaban J connectivity index is 1.59. The molecule has 25 heavy (non-hydrogen) atoms. The fraction of sp³-hybridized carbons (Fsp3) is 0.400. The van der Waals surface area contributed by atoms with Crippen molar-refractivity contribution in [1.82, 2.24) is 19.7 Å². The summed E-state index contributed by atoms with van der Waals surface area (Å²) in [6.07, 6.45) is 5.19. The molecule has 1 atom stereocenters. The number of aryl methyl sites for hydroxylation is 2. The highest BCUT2D eigenvalue weighted by atomic mass is 16.2. The summed E-state index contributed by atoms with van der Waals surface area (Å²) in [6.45, 7) is 5.69. The minimum Gasteiger partial charge on any atom is -0.361 e. The number of likely N-dealkylation sites (tertiary alicyclic amines) is 1. The number of rotatable bonds is 3. The molecule has 4 rings (SSSR count). The minimum absolute atomic E-state index is 0.128. The molecule has 0 bridgehead atoms. The molecule has 3 aromatic rings. The maximum absolute atomic E-state index is 13.1. The molecule has 5 heteroatoms. The smallest absolute Gasteiger partial charge is 0.254 e. The quantitative estimate of drug-likeness (QED) is 0.793. The van der Waals surface area contributed by atoms with Gasteiger partial charge in [0.05, 0.1) is 18.3 Å². The molecule has 2 aromatic heterocycles. The average molecular weight is 336 g/mol. The van der Waals surface area contributed by atoms with Crippen molar-refractivity contribution in [3.8, 4) is 0 Å². The number of carbonyl (C=O) groups is 1. The molecule has 5 nitrogen and oxygen atoms in total. The highest BCUT2D eigenvalue weighted by molar-refractivity contribution is 5.98. The summed E-state index contributed by atoms with van der Waals surface area (Å²) < 4.78 is 2.04. The van der Waals surface area contributed by atoms with Gasteiger partial charge >= 0.3 is 0 Å². The first-order chi connectivity index (χ1) is 12.1. The van der Waals surface area contributed by atoms with Gasteiger partial charge in [-0.1, -0.05) is 6.07 Å². The lowest BCUT2D eigenvalue weighted by Gasteiger charge is -2.36. The van der Waals surface area contributed by atoms with Crippen LogP contribution in [0.5, 0.6) is 0 Å². The number of amides is 1. The Morgan fingerprint density at radius 2 is 2.12 bits per heavy atom. The predicted octanol–water partition coefficient (Wildman–Crippen LogP) is 3.68. The van der Waals surface area contributed by atoms with Crippen molar-refractivity contribution in [3.05, 3.63) is 53.5 Å². The number of aromatic nitrogens is 3. The lowest BCUT2D eigenvalue weighted by atomic mass is 10.0. The second-order valence-electron chi connectivity index (χ2n) is 7.04. The molecule has 1 aliphatic rings. The van der Waals surface area contributed by atoms with Gasteiger partial charge < -0.3 is 9.88 Å². The zero-order chi connectivity index (χ0) is 17.4. The van der Waals surface area contributed by atoms with Crippen molar-refractivity contribution in [1.29, 1.82) is 0 Å². The number of fused-ring (bicyclic) bond motifs is 1. The molecular formula is C20H24N4O. The number of benzene rings is 1. The van der Waals surface area contributed by atoms with Gasteiger partial charge in [-0.3, -0.25) is 9.48 Å². The SMILES string of the molecule is Cc1cc(C)n(CC2CCCCN2C(=O)c2ccc3cc[nH]c3c2)n1. The van der Waals surface area contributed by atoms with E-state index in [9.17, 15) is 4.79 Å². The van der Waals surface area contributed by atoms with Crippen LogP contribution in [0, 0.1) is 13.8 Å². The van der Waals surface area contributed by atoms with Gasteiger partial charge in [0, 0.05) is 29.5 Å². The minimum atomic E-state index is 0.128. The molecule has 1 aromatic carbocycles. The first kappa shape index (κ1) is 15.9. The van der Waals surface area contributed by atoms with Crippen LogP contribution in [0.15, 0.2) is 36.5 Å². The molecular weight excluding hydrogens is 312 g/mol. The van der Waals surface area contributed by atoms with E-state index in [4.69, 9.17) is 0 Å². The number of H-pyrrole nitrogens is 1. The van der Waals surface area contributed by atoms with E-state index in [0.717, 1.165) is 53.8 Å². The summed E-state index contributed by atoms with van der Waals surface area (Å²) in [6, 6.07) is 10.2. The Hall–Kier alpha value is -2.56. The molecule has 0 radical (unpaired) electrons. The highest BCUT2D eigenvalue weighted by Crippen LogP contribution is 2.23. The van der Waals surface area contributed by atoms with E-state index >= 15 is 0 Å². The van der Waals surface area contributed by atoms with Crippen LogP contribution in [0.2, 0.25) is 0 Å². The van der Waals surface area contributed by atoms with Crippen LogP contribution in [0.4, 0.5) is 0 Å². The van der Waals surface area contributed by atoms with Gasteiger partial charge in [-0.25, -0.2) is 0 Å². The zero-order valence-electron chi connectivity index (χ0n) is 14.8. The van der Waals surface area contributed by atoms with E-state index < -0.39 is 0 Å². The fourth-order valence-corrected chi connectivity index (χ4v) is 3.86. The van der Waals surface area contributed by atoms with Gasteiger partial charge in [0.15, 0.2) is 0 Å². The maximum atomic E-state index is 13.1. The van der Waals surface area contributed by atoms with Gasteiger partial charge in [0.1, 0.15) is 0 Å². The number of aromatic amines is 1. The predicted molar refractivity (Wildman–Crippen MR) is 98.7 cm³/mol. The van der Waals surface area contributed by atoms with E-state index in [2.05, 4.69) is 23.1 Å². The fourth-order valence-electron chi connectivity index (χ4n) is 3.86. The Kier molecular flexibility index (Phi) is 4.07. The third-order valence-corrected chi connectivity index (χ3v) is 5.18. The van der Waals surface area contributed by atoms with E-state index in [-0.39, 0.29) is 11.9 Å². The van der Waals surface area contributed by atoms with E-state index in [1.165, 1.54) is 6.42 Å². The van der Waals surface area contributed by atoms with Crippen molar-refractivity contribution in [3.63, 3.8) is 0 Å². The van der Waals surface area contributed by atoms with Gasteiger partial charge in [0.25, 0.3) is 5.91 Å². The van der Waals surface area contributed by atoms with Gasteiger partial charge in [-0.05, 0) is 62.8 Å². The van der Waals surface area contributed by atoms with E-state index in [1.807, 2.05) is 47.0 Å². The van der Waals surface area contributed by atoms with Crippen LogP contribution in [0.25, 0.3) is 10.9 Å². The summed E-state index contributed by atoms with van der Waals surface area (Å²) >= 11 is 0. The van der Waals surface area contributed by atoms with Crippen molar-refractivity contribution in [2.24, 2.45) is 0 Å². The molecule has 0 aliphatic carbocycles. The van der Waals surface area contributed by atoms with E-state index in [0.29, 0.717) is 0 Å². The van der Waals surface area contributed by atoms with Crippen LogP contribution < -0.4 is 0 Å². The number of piperidine rings is 1. The zero-order valence-corrected chi connectivity index (χ0v) is 14.8. The second kappa shape index (κ2) is 6.39. The lowest BCUT2D eigenvalue weighted by molar-refractivity contribution is 0.0583. The average Bonchev–Trinajstić information content (AvgIpc) is 3.20. The molecule has 1 fully saturated rings. The largest absolute Gasteiger partial charge is 0.361 e. The van der Waals surface area contributed by atoms with E-state index in [1.54, 1.807) is 0 Å². The third-order valence-electron chi connectivity index (χ3n) is 5.18. The molecule has 1 unspecified atom stereocenters. The first-order valence-electron chi connectivity index (χ1n) is 9.01. The standard InChI is InChI=1S/C20H24N4O/c1-14-11-15(2)24(22-14)13-18-5-3-4-10-23(18)20(25)17-7-6-16-8-9-21-19(16)12-17/h6-9,11-12,18,21H,3-5,10,13H2,1-2H3. The Morgan fingerprint density at radius 1 is 1.24 bits per heavy atom. The number of hydrogen-bond donors (Lipinski definition) is 1. The lowest BCUT2D eigenvalue weighted by Crippen LogP contribution is -2.46. The van der Waals surface area contributed by atoms with Crippen LogP contribution in [-0.4, -0.2) is 38.2 Å². The number of nitrogens with one attached hydrogen (secondary N) is 1. The van der Waals surface area contributed by atoms with Crippen LogP contribution in [0.1, 0.15) is 41.0 Å². The third kappa shape index (κ3) is 3.06. The topological polar surface area (TPSA) is 53.9 Å². The van der Waals surface area contributed by atoms with Crippen molar-refractivity contribution in [2.75, 3.05) is 6.54 Å². The molecule has 0 saturated carbocycles. The van der Waals surface area contributed by atoms with Gasteiger partial charge in [-0.2, -0.15) is 5.10 Å². The normalized spacial score (nSPS) is 18.0. The maximum Gasteiger partial charge on any atom is 0.254 e. The van der Waals surface area contributed by atoms with Gasteiger partial charge in [0.2, 0.25) is 0 Å². The van der Waals surface area contributed by atoms with Crippen LogP contribution >= 0.6 is 0 Å². The summed E-state index contributed by atoms with van der Waals surface area (Å²) in [5, 5.41) is 5.71. The van der Waals surface area contributed by atoms with Crippen molar-refractivity contribution in [2.45, 2.75) is 45.7 Å². The Labute approximate surface area is 147 Å².